The average Bonchev–Trinajstić information content (AvgIpc) is 3.63. The molecule has 3 aromatic heterocycles. The van der Waals surface area contributed by atoms with E-state index >= 15 is 0 Å². The number of hydrogen-bond donors (Lipinski definition) is 2. The van der Waals surface area contributed by atoms with Crippen LogP contribution in [0.25, 0.3) is 22.3 Å². The monoisotopic (exact) mass is 575 g/mol. The van der Waals surface area contributed by atoms with Crippen molar-refractivity contribution in [1.29, 1.82) is 0 Å². The fourth-order valence-electron chi connectivity index (χ4n) is 4.14. The largest absolute Gasteiger partial charge is 0.490 e. The predicted molar refractivity (Wildman–Crippen MR) is 130 cm³/mol. The fraction of sp³-hybridized carbons (Fsp3) is 0.480. The van der Waals surface area contributed by atoms with Crippen molar-refractivity contribution in [2.75, 3.05) is 19.6 Å². The van der Waals surface area contributed by atoms with Crippen molar-refractivity contribution in [1.82, 2.24) is 24.4 Å². The summed E-state index contributed by atoms with van der Waals surface area (Å²) in [6.07, 6.45) is 0.691. The molecular formula is C25H27F6N5O4. The van der Waals surface area contributed by atoms with Crippen LogP contribution in [-0.4, -0.2) is 78.6 Å². The lowest BCUT2D eigenvalue weighted by Crippen LogP contribution is -2.34. The molecule has 0 spiro atoms. The summed E-state index contributed by atoms with van der Waals surface area (Å²) >= 11 is 0. The van der Waals surface area contributed by atoms with E-state index in [1.54, 1.807) is 6.20 Å². The van der Waals surface area contributed by atoms with Gasteiger partial charge in [-0.3, -0.25) is 9.97 Å². The minimum atomic E-state index is -5.08. The summed E-state index contributed by atoms with van der Waals surface area (Å²) in [4.78, 5) is 34.4. The number of rotatable bonds is 4. The van der Waals surface area contributed by atoms with E-state index in [0.717, 1.165) is 28.2 Å². The highest BCUT2D eigenvalue weighted by Gasteiger charge is 2.39. The zero-order valence-electron chi connectivity index (χ0n) is 21.3. The molecule has 15 heteroatoms. The van der Waals surface area contributed by atoms with Crippen molar-refractivity contribution in [3.05, 3.63) is 42.6 Å². The van der Waals surface area contributed by atoms with Crippen LogP contribution in [0.4, 0.5) is 26.3 Å². The number of halogens is 6. The van der Waals surface area contributed by atoms with Gasteiger partial charge in [-0.15, -0.1) is 0 Å². The van der Waals surface area contributed by atoms with E-state index in [9.17, 15) is 26.3 Å². The third kappa shape index (κ3) is 8.63. The molecule has 1 aliphatic carbocycles. The number of alkyl halides is 6. The van der Waals surface area contributed by atoms with Gasteiger partial charge in [0.25, 0.3) is 0 Å². The van der Waals surface area contributed by atoms with Gasteiger partial charge in [-0.2, -0.15) is 26.3 Å². The highest BCUT2D eigenvalue weighted by molar-refractivity contribution is 5.89. The Morgan fingerprint density at radius 1 is 1.00 bits per heavy atom. The number of carboxylic acids is 2. The first-order valence-corrected chi connectivity index (χ1v) is 12.2. The molecule has 0 unspecified atom stereocenters. The van der Waals surface area contributed by atoms with E-state index in [0.29, 0.717) is 5.92 Å². The first-order valence-electron chi connectivity index (χ1n) is 12.2. The molecule has 1 saturated carbocycles. The van der Waals surface area contributed by atoms with Crippen molar-refractivity contribution < 1.29 is 46.1 Å². The quantitative estimate of drug-likeness (QED) is 0.422. The van der Waals surface area contributed by atoms with Gasteiger partial charge in [-0.1, -0.05) is 0 Å². The second-order valence-corrected chi connectivity index (χ2v) is 9.48. The second-order valence-electron chi connectivity index (χ2n) is 9.48. The first kappa shape index (κ1) is 30.8. The van der Waals surface area contributed by atoms with Gasteiger partial charge >= 0.3 is 24.3 Å². The lowest BCUT2D eigenvalue weighted by atomic mass is 9.92. The summed E-state index contributed by atoms with van der Waals surface area (Å²) in [5, 5.41) is 14.2. The molecule has 0 bridgehead atoms. The van der Waals surface area contributed by atoms with Crippen molar-refractivity contribution in [3.8, 4) is 11.3 Å². The Morgan fingerprint density at radius 3 is 2.05 bits per heavy atom. The molecular weight excluding hydrogens is 548 g/mol. The Kier molecular flexibility index (Phi) is 9.71. The molecule has 1 aliphatic heterocycles. The Bertz CT molecular complexity index is 1280. The van der Waals surface area contributed by atoms with Crippen LogP contribution in [0.1, 0.15) is 37.3 Å². The Labute approximate surface area is 224 Å². The number of nitrogens with zero attached hydrogens (tertiary/aromatic N) is 5. The number of aliphatic carboxylic acids is 2. The molecule has 2 N–H and O–H groups in total. The Hall–Kier alpha value is -3.75. The van der Waals surface area contributed by atoms with Crippen molar-refractivity contribution in [3.63, 3.8) is 0 Å². The molecule has 0 atom stereocenters. The molecule has 1 saturated heterocycles. The topological polar surface area (TPSA) is 121 Å². The molecule has 0 radical (unpaired) electrons. The third-order valence-corrected chi connectivity index (χ3v) is 6.37. The Balaban J connectivity index is 0.000000263. The second kappa shape index (κ2) is 12.6. The number of aromatic nitrogens is 4. The molecule has 2 fully saturated rings. The number of carboxylic acid groups (broad SMARTS) is 2. The zero-order valence-corrected chi connectivity index (χ0v) is 21.3. The van der Waals surface area contributed by atoms with Gasteiger partial charge in [0.05, 0.1) is 17.5 Å². The number of carbonyl (C=O) groups is 2. The highest BCUT2D eigenvalue weighted by Crippen LogP contribution is 2.35. The maximum absolute atomic E-state index is 10.6. The highest BCUT2D eigenvalue weighted by atomic mass is 19.4. The standard InChI is InChI=1S/C21H25N5.2C2HF3O2/c1-25-14-23-21-19(25)11-18(24-20(21)17-3-2-8-22-12-17)16-6-9-26(10-7-16)13-15-4-5-15;2*3-2(4,5)1(6)7/h2-3,8,11-12,14-16H,4-7,9-10,13H2,1H3;2*(H,6,7). The van der Waals surface area contributed by atoms with Gasteiger partial charge in [0, 0.05) is 43.2 Å². The minimum absolute atomic E-state index is 0.542. The Morgan fingerprint density at radius 2 is 1.57 bits per heavy atom. The number of imidazole rings is 1. The van der Waals surface area contributed by atoms with Gasteiger partial charge < -0.3 is 19.7 Å². The maximum Gasteiger partial charge on any atom is 0.490 e. The number of fused-ring (bicyclic) bond motifs is 1. The lowest BCUT2D eigenvalue weighted by molar-refractivity contribution is -0.193. The fourth-order valence-corrected chi connectivity index (χ4v) is 4.14. The van der Waals surface area contributed by atoms with Crippen LogP contribution in [0, 0.1) is 5.92 Å². The summed E-state index contributed by atoms with van der Waals surface area (Å²) in [5.74, 6) is -3.99. The van der Waals surface area contributed by atoms with Crippen molar-refractivity contribution in [2.24, 2.45) is 13.0 Å². The summed E-state index contributed by atoms with van der Waals surface area (Å²) in [7, 11) is 2.06. The maximum atomic E-state index is 10.6. The van der Waals surface area contributed by atoms with Crippen molar-refractivity contribution >= 4 is 23.0 Å². The molecule has 5 rings (SSSR count). The van der Waals surface area contributed by atoms with E-state index in [1.165, 1.54) is 51.0 Å². The van der Waals surface area contributed by atoms with Crippen LogP contribution in [0.2, 0.25) is 0 Å². The van der Waals surface area contributed by atoms with E-state index < -0.39 is 24.3 Å². The van der Waals surface area contributed by atoms with Crippen LogP contribution in [0.3, 0.4) is 0 Å². The normalized spacial score (nSPS) is 16.5. The van der Waals surface area contributed by atoms with Gasteiger partial charge in [0.1, 0.15) is 5.52 Å². The molecule has 40 heavy (non-hydrogen) atoms. The number of likely N-dealkylation sites (tertiary alicyclic amines) is 1. The molecule has 2 aliphatic rings. The molecule has 0 amide bonds. The minimum Gasteiger partial charge on any atom is -0.475 e. The smallest absolute Gasteiger partial charge is 0.475 e. The van der Waals surface area contributed by atoms with E-state index in [-0.39, 0.29) is 0 Å². The summed E-state index contributed by atoms with van der Waals surface area (Å²) in [6, 6.07) is 6.30. The lowest BCUT2D eigenvalue weighted by Gasteiger charge is -2.31. The molecule has 218 valence electrons. The predicted octanol–water partition coefficient (Wildman–Crippen LogP) is 4.89. The summed E-state index contributed by atoms with van der Waals surface area (Å²) in [6.45, 7) is 3.71. The molecule has 3 aromatic rings. The van der Waals surface area contributed by atoms with Crippen LogP contribution in [0.5, 0.6) is 0 Å². The van der Waals surface area contributed by atoms with E-state index in [1.807, 2.05) is 18.6 Å². The number of aryl methyl sites for hydroxylation is 1. The zero-order chi connectivity index (χ0) is 29.7. The summed E-state index contributed by atoms with van der Waals surface area (Å²) < 4.78 is 65.6. The summed E-state index contributed by atoms with van der Waals surface area (Å²) in [5.41, 5.74) is 5.35. The first-order chi connectivity index (χ1) is 18.7. The van der Waals surface area contributed by atoms with Gasteiger partial charge in [0.2, 0.25) is 0 Å². The number of hydrogen-bond acceptors (Lipinski definition) is 6. The number of piperidine rings is 1. The SMILES string of the molecule is Cn1cnc2c(-c3cccnc3)nc(C3CCN(CC4CC4)CC3)cc21.O=C(O)C(F)(F)F.O=C(O)C(F)(F)F. The van der Waals surface area contributed by atoms with E-state index in [4.69, 9.17) is 24.8 Å². The van der Waals surface area contributed by atoms with E-state index in [2.05, 4.69) is 38.6 Å². The molecule has 9 nitrogen and oxygen atoms in total. The third-order valence-electron chi connectivity index (χ3n) is 6.37. The van der Waals surface area contributed by atoms with Crippen LogP contribution < -0.4 is 0 Å². The van der Waals surface area contributed by atoms with Crippen molar-refractivity contribution in [2.45, 2.75) is 44.0 Å². The van der Waals surface area contributed by atoms with Gasteiger partial charge in [-0.05, 0) is 62.9 Å². The van der Waals surface area contributed by atoms with Gasteiger partial charge in [-0.25, -0.2) is 14.6 Å². The van der Waals surface area contributed by atoms with Crippen LogP contribution >= 0.6 is 0 Å². The van der Waals surface area contributed by atoms with Gasteiger partial charge in [0.15, 0.2) is 0 Å². The molecule has 4 heterocycles. The van der Waals surface area contributed by atoms with Crippen LogP contribution in [0.15, 0.2) is 36.9 Å². The number of pyridine rings is 2. The average molecular weight is 576 g/mol. The molecule has 0 aromatic carbocycles. The van der Waals surface area contributed by atoms with Crippen LogP contribution in [-0.2, 0) is 16.6 Å².